The molecule has 1 aliphatic rings. The molecule has 1 fully saturated rings. The average molecular weight is 545 g/mol. The number of ketones is 1. The number of carbonyl (C=O) groups is 5. The number of hydrogen-bond donors (Lipinski definition) is 4. The predicted octanol–water partition coefficient (Wildman–Crippen LogP) is 1.66. The fourth-order valence-electron chi connectivity index (χ4n) is 4.30. The predicted molar refractivity (Wildman–Crippen MR) is 147 cm³/mol. The molecule has 4 N–H and O–H groups in total. The fraction of sp³-hybridized carbons (Fsp3) is 0.621. The van der Waals surface area contributed by atoms with Crippen LogP contribution in [0.5, 0.6) is 0 Å². The van der Waals surface area contributed by atoms with Crippen molar-refractivity contribution in [1.82, 2.24) is 21.3 Å². The van der Waals surface area contributed by atoms with Crippen LogP contribution in [0, 0.1) is 11.8 Å². The Labute approximate surface area is 231 Å². The third kappa shape index (κ3) is 10.4. The Morgan fingerprint density at radius 2 is 1.38 bits per heavy atom. The van der Waals surface area contributed by atoms with Crippen molar-refractivity contribution in [2.45, 2.75) is 97.0 Å². The van der Waals surface area contributed by atoms with Gasteiger partial charge in [0, 0.05) is 0 Å². The van der Waals surface area contributed by atoms with Gasteiger partial charge in [0.05, 0.1) is 12.6 Å². The quantitative estimate of drug-likeness (QED) is 0.173. The van der Waals surface area contributed by atoms with Gasteiger partial charge >= 0.3 is 0 Å². The maximum absolute atomic E-state index is 13.2. The number of Topliss-reactive ketones (excluding diaryl/α,β-unsaturated/α-hetero) is 1. The number of benzene rings is 1. The number of ether oxygens (including phenoxy) is 1. The van der Waals surface area contributed by atoms with Crippen LogP contribution < -0.4 is 21.3 Å². The van der Waals surface area contributed by atoms with Crippen LogP contribution in [0.25, 0.3) is 0 Å². The molecule has 1 aliphatic heterocycles. The summed E-state index contributed by atoms with van der Waals surface area (Å²) in [4.78, 5) is 63.2. The first kappa shape index (κ1) is 31.9. The largest absolute Gasteiger partial charge is 0.361 e. The molecule has 1 aromatic rings. The minimum absolute atomic E-state index is 0.0688. The summed E-state index contributed by atoms with van der Waals surface area (Å²) in [7, 11) is 0. The molecule has 10 nitrogen and oxygen atoms in total. The summed E-state index contributed by atoms with van der Waals surface area (Å²) in [5.41, 5.74) is 0.147. The molecule has 0 spiro atoms. The Morgan fingerprint density at radius 3 is 1.92 bits per heavy atom. The number of hydrogen-bond acceptors (Lipinski definition) is 6. The third-order valence-electron chi connectivity index (χ3n) is 6.68. The SMILES string of the molecule is CC(C)CC(NC(=O)[C@H](CCc1ccccc1)NC=O)C(=O)NC(C)C(=O)NC(CC(C)C)C(=O)C1(C)CO1. The van der Waals surface area contributed by atoms with E-state index in [0.29, 0.717) is 38.7 Å². The van der Waals surface area contributed by atoms with Crippen molar-refractivity contribution in [1.29, 1.82) is 0 Å². The molecular weight excluding hydrogens is 500 g/mol. The summed E-state index contributed by atoms with van der Waals surface area (Å²) in [6, 6.07) is 6.18. The highest BCUT2D eigenvalue weighted by molar-refractivity contribution is 5.98. The van der Waals surface area contributed by atoms with Crippen molar-refractivity contribution in [3.05, 3.63) is 35.9 Å². The fourth-order valence-corrected chi connectivity index (χ4v) is 4.30. The van der Waals surface area contributed by atoms with Crippen molar-refractivity contribution in [3.8, 4) is 0 Å². The van der Waals surface area contributed by atoms with E-state index in [0.717, 1.165) is 5.56 Å². The van der Waals surface area contributed by atoms with Crippen LogP contribution in [0.4, 0.5) is 0 Å². The molecular formula is C29H44N4O6. The zero-order valence-electron chi connectivity index (χ0n) is 23.9. The normalized spacial score (nSPS) is 19.4. The van der Waals surface area contributed by atoms with E-state index in [1.54, 1.807) is 6.92 Å². The van der Waals surface area contributed by atoms with E-state index < -0.39 is 47.5 Å². The first-order chi connectivity index (χ1) is 18.4. The molecule has 2 rings (SSSR count). The number of nitrogens with one attached hydrogen (secondary N) is 4. The van der Waals surface area contributed by atoms with E-state index in [-0.39, 0.29) is 17.6 Å². The molecule has 0 bridgehead atoms. The van der Waals surface area contributed by atoms with Gasteiger partial charge in [0.15, 0.2) is 5.78 Å². The lowest BCUT2D eigenvalue weighted by atomic mass is 9.93. The topological polar surface area (TPSA) is 146 Å². The second kappa shape index (κ2) is 14.8. The highest BCUT2D eigenvalue weighted by Crippen LogP contribution is 2.29. The highest BCUT2D eigenvalue weighted by Gasteiger charge is 2.50. The summed E-state index contributed by atoms with van der Waals surface area (Å²) in [5.74, 6) is -1.44. The van der Waals surface area contributed by atoms with Gasteiger partial charge in [-0.1, -0.05) is 58.0 Å². The van der Waals surface area contributed by atoms with E-state index in [1.165, 1.54) is 6.92 Å². The molecule has 1 heterocycles. The number of rotatable bonds is 17. The molecule has 39 heavy (non-hydrogen) atoms. The van der Waals surface area contributed by atoms with Crippen LogP contribution >= 0.6 is 0 Å². The second-order valence-electron chi connectivity index (χ2n) is 11.4. The van der Waals surface area contributed by atoms with Gasteiger partial charge in [-0.15, -0.1) is 0 Å². The first-order valence-electron chi connectivity index (χ1n) is 13.7. The zero-order chi connectivity index (χ0) is 29.2. The molecule has 1 saturated heterocycles. The van der Waals surface area contributed by atoms with Crippen LogP contribution in [0.15, 0.2) is 30.3 Å². The Balaban J connectivity index is 2.02. The molecule has 4 unspecified atom stereocenters. The van der Waals surface area contributed by atoms with E-state index in [1.807, 2.05) is 58.0 Å². The lowest BCUT2D eigenvalue weighted by Gasteiger charge is -2.26. The molecule has 5 atom stereocenters. The maximum Gasteiger partial charge on any atom is 0.243 e. The van der Waals surface area contributed by atoms with Crippen molar-refractivity contribution in [3.63, 3.8) is 0 Å². The number of carbonyl (C=O) groups excluding carboxylic acids is 5. The van der Waals surface area contributed by atoms with Crippen LogP contribution in [0.3, 0.4) is 0 Å². The average Bonchev–Trinajstić information content (AvgIpc) is 3.63. The van der Waals surface area contributed by atoms with Gasteiger partial charge in [0.25, 0.3) is 0 Å². The van der Waals surface area contributed by atoms with Gasteiger partial charge in [-0.2, -0.15) is 0 Å². The molecule has 0 radical (unpaired) electrons. The van der Waals surface area contributed by atoms with Gasteiger partial charge in [-0.05, 0) is 56.9 Å². The van der Waals surface area contributed by atoms with Crippen molar-refractivity contribution in [2.75, 3.05) is 6.61 Å². The van der Waals surface area contributed by atoms with E-state index in [4.69, 9.17) is 4.74 Å². The third-order valence-corrected chi connectivity index (χ3v) is 6.68. The van der Waals surface area contributed by atoms with E-state index >= 15 is 0 Å². The minimum Gasteiger partial charge on any atom is -0.361 e. The molecule has 4 amide bonds. The summed E-state index contributed by atoms with van der Waals surface area (Å²) in [5, 5.41) is 10.7. The second-order valence-corrected chi connectivity index (χ2v) is 11.4. The smallest absolute Gasteiger partial charge is 0.243 e. The van der Waals surface area contributed by atoms with E-state index in [9.17, 15) is 24.0 Å². The Hall–Kier alpha value is -3.27. The van der Waals surface area contributed by atoms with Gasteiger partial charge in [0.1, 0.15) is 23.7 Å². The number of epoxide rings is 1. The Morgan fingerprint density at radius 1 is 0.846 bits per heavy atom. The van der Waals surface area contributed by atoms with Crippen molar-refractivity contribution in [2.24, 2.45) is 11.8 Å². The zero-order valence-corrected chi connectivity index (χ0v) is 23.9. The maximum atomic E-state index is 13.2. The molecule has 1 aromatic carbocycles. The van der Waals surface area contributed by atoms with Crippen LogP contribution in [0.1, 0.15) is 66.4 Å². The standard InChI is InChI=1S/C29H44N4O6/c1-18(2)14-23(25(35)29(6)16-39-29)32-26(36)20(5)31-28(38)24(15-19(3)4)33-27(37)22(30-17-34)13-12-21-10-8-7-9-11-21/h7-11,17-20,22-24H,12-16H2,1-6H3,(H,30,34)(H,31,38)(H,32,36)(H,33,37)/t20?,22-,23?,24?,29?/m0/s1. The number of amides is 4. The van der Waals surface area contributed by atoms with Crippen molar-refractivity contribution >= 4 is 29.9 Å². The lowest BCUT2D eigenvalue weighted by Crippen LogP contribution is -2.57. The summed E-state index contributed by atoms with van der Waals surface area (Å²) in [6.07, 6.45) is 2.18. The van der Waals surface area contributed by atoms with Crippen LogP contribution in [-0.4, -0.2) is 66.3 Å². The highest BCUT2D eigenvalue weighted by atomic mass is 16.6. The number of aryl methyl sites for hydroxylation is 1. The van der Waals surface area contributed by atoms with E-state index in [2.05, 4.69) is 21.3 Å². The molecule has 0 aliphatic carbocycles. The van der Waals surface area contributed by atoms with Crippen LogP contribution in [-0.2, 0) is 35.1 Å². The lowest BCUT2D eigenvalue weighted by molar-refractivity contribution is -0.134. The summed E-state index contributed by atoms with van der Waals surface area (Å²) >= 11 is 0. The van der Waals surface area contributed by atoms with Gasteiger partial charge in [-0.3, -0.25) is 24.0 Å². The van der Waals surface area contributed by atoms with Crippen molar-refractivity contribution < 1.29 is 28.7 Å². The molecule has 216 valence electrons. The van der Waals surface area contributed by atoms with Gasteiger partial charge in [-0.25, -0.2) is 0 Å². The first-order valence-corrected chi connectivity index (χ1v) is 13.7. The minimum atomic E-state index is -0.943. The summed E-state index contributed by atoms with van der Waals surface area (Å²) in [6.45, 7) is 11.3. The monoisotopic (exact) mass is 544 g/mol. The molecule has 10 heteroatoms. The van der Waals surface area contributed by atoms with Crippen LogP contribution in [0.2, 0.25) is 0 Å². The summed E-state index contributed by atoms with van der Waals surface area (Å²) < 4.78 is 5.27. The Bertz CT molecular complexity index is 993. The molecule has 0 aromatic heterocycles. The van der Waals surface area contributed by atoms with Gasteiger partial charge < -0.3 is 26.0 Å². The molecule has 0 saturated carbocycles. The Kier molecular flexibility index (Phi) is 12.1. The van der Waals surface area contributed by atoms with Gasteiger partial charge in [0.2, 0.25) is 24.1 Å².